The van der Waals surface area contributed by atoms with Gasteiger partial charge in [-0.25, -0.2) is 4.98 Å². The molecule has 0 bridgehead atoms. The van der Waals surface area contributed by atoms with Crippen LogP contribution >= 0.6 is 11.3 Å². The molecule has 1 aromatic carbocycles. The highest BCUT2D eigenvalue weighted by atomic mass is 32.2. The number of rotatable bonds is 5. The van der Waals surface area contributed by atoms with Crippen molar-refractivity contribution in [3.8, 4) is 0 Å². The van der Waals surface area contributed by atoms with Crippen molar-refractivity contribution >= 4 is 22.1 Å². The van der Waals surface area contributed by atoms with Gasteiger partial charge in [-0.3, -0.25) is 4.21 Å². The highest BCUT2D eigenvalue weighted by Gasteiger charge is 2.33. The van der Waals surface area contributed by atoms with Crippen LogP contribution in [0.3, 0.4) is 0 Å². The third-order valence-corrected chi connectivity index (χ3v) is 5.46. The molecule has 1 aromatic heterocycles. The number of hydrogen-bond acceptors (Lipinski definition) is 3. The van der Waals surface area contributed by atoms with Gasteiger partial charge in [0.1, 0.15) is 0 Å². The second-order valence-corrected chi connectivity index (χ2v) is 7.56. The number of nitrogens with zero attached hydrogens (tertiary/aromatic N) is 1. The molecule has 22 heavy (non-hydrogen) atoms. The minimum atomic E-state index is -4.42. The van der Waals surface area contributed by atoms with Gasteiger partial charge in [-0.15, -0.1) is 11.3 Å². The fourth-order valence-electron chi connectivity index (χ4n) is 1.97. The topological polar surface area (TPSA) is 30.0 Å². The Labute approximate surface area is 133 Å². The number of aromatic nitrogens is 1. The maximum absolute atomic E-state index is 12.9. The van der Waals surface area contributed by atoms with Crippen LogP contribution in [0.1, 0.15) is 41.6 Å². The van der Waals surface area contributed by atoms with Crippen LogP contribution in [-0.4, -0.2) is 9.19 Å². The van der Waals surface area contributed by atoms with Gasteiger partial charge in [-0.2, -0.15) is 13.2 Å². The summed E-state index contributed by atoms with van der Waals surface area (Å²) in [6, 6.07) is 5.26. The molecule has 0 fully saturated rings. The molecule has 0 amide bonds. The van der Waals surface area contributed by atoms with E-state index in [1.165, 1.54) is 29.5 Å². The summed E-state index contributed by atoms with van der Waals surface area (Å²) in [6.07, 6.45) is -4.42. The zero-order valence-corrected chi connectivity index (χ0v) is 13.8. The minimum absolute atomic E-state index is 0.0626. The van der Waals surface area contributed by atoms with Crippen molar-refractivity contribution in [2.45, 2.75) is 37.4 Å². The molecule has 0 radical (unpaired) electrons. The van der Waals surface area contributed by atoms with Crippen LogP contribution in [0.2, 0.25) is 0 Å². The molecule has 0 saturated carbocycles. The maximum atomic E-state index is 12.9. The normalized spacial score (nSPS) is 13.5. The molecule has 0 N–H and O–H groups in total. The summed E-state index contributed by atoms with van der Waals surface area (Å²) in [5, 5.41) is 2.77. The van der Waals surface area contributed by atoms with Gasteiger partial charge < -0.3 is 0 Å². The Morgan fingerprint density at radius 1 is 1.23 bits per heavy atom. The molecule has 1 atom stereocenters. The molecule has 0 spiro atoms. The predicted octanol–water partition coefficient (Wildman–Crippen LogP) is 4.73. The molecular formula is C15H16F3NOS2. The summed E-state index contributed by atoms with van der Waals surface area (Å²) in [6.45, 7) is 4.03. The van der Waals surface area contributed by atoms with Gasteiger partial charge in [0.15, 0.2) is 0 Å². The van der Waals surface area contributed by atoms with Gasteiger partial charge in [-0.1, -0.05) is 32.0 Å². The Morgan fingerprint density at radius 2 is 1.91 bits per heavy atom. The monoisotopic (exact) mass is 347 g/mol. The van der Waals surface area contributed by atoms with Gasteiger partial charge in [0, 0.05) is 27.9 Å². The molecular weight excluding hydrogens is 331 g/mol. The number of alkyl halides is 3. The van der Waals surface area contributed by atoms with E-state index in [1.807, 2.05) is 19.2 Å². The van der Waals surface area contributed by atoms with Crippen molar-refractivity contribution in [3.63, 3.8) is 0 Å². The van der Waals surface area contributed by atoms with Crippen molar-refractivity contribution in [1.29, 1.82) is 0 Å². The van der Waals surface area contributed by atoms with E-state index in [1.54, 1.807) is 0 Å². The number of halogens is 3. The third kappa shape index (κ3) is 4.39. The van der Waals surface area contributed by atoms with Gasteiger partial charge in [0.25, 0.3) is 0 Å². The van der Waals surface area contributed by atoms with Gasteiger partial charge in [0.2, 0.25) is 0 Å². The SMILES string of the molecule is CC(C)c1nc(C[S@@](=O)Cc2ccccc2C(F)(F)F)cs1. The summed E-state index contributed by atoms with van der Waals surface area (Å²) >= 11 is 1.49. The van der Waals surface area contributed by atoms with Crippen LogP contribution in [0.15, 0.2) is 29.6 Å². The molecule has 120 valence electrons. The average Bonchev–Trinajstić information content (AvgIpc) is 2.86. The Balaban J connectivity index is 2.09. The molecule has 2 aromatic rings. The van der Waals surface area contributed by atoms with Gasteiger partial charge in [0.05, 0.1) is 22.0 Å². The van der Waals surface area contributed by atoms with Crippen molar-refractivity contribution in [3.05, 3.63) is 51.5 Å². The summed E-state index contributed by atoms with van der Waals surface area (Å²) in [7, 11) is -1.42. The molecule has 7 heteroatoms. The van der Waals surface area contributed by atoms with Crippen molar-refractivity contribution in [2.75, 3.05) is 0 Å². The van der Waals surface area contributed by atoms with E-state index in [0.717, 1.165) is 11.1 Å². The zero-order chi connectivity index (χ0) is 16.3. The Bertz CT molecular complexity index is 665. The summed E-state index contributed by atoms with van der Waals surface area (Å²) in [5.74, 6) is 0.345. The largest absolute Gasteiger partial charge is 0.416 e. The fourth-order valence-corrected chi connectivity index (χ4v) is 4.09. The third-order valence-electron chi connectivity index (χ3n) is 3.01. The summed E-state index contributed by atoms with van der Waals surface area (Å²) in [4.78, 5) is 4.37. The number of benzene rings is 1. The summed E-state index contributed by atoms with van der Waals surface area (Å²) < 4.78 is 50.9. The van der Waals surface area contributed by atoms with E-state index < -0.39 is 22.5 Å². The standard InChI is InChI=1S/C15H16F3NOS2/c1-10(2)14-19-12(7-21-14)9-22(20)8-11-5-3-4-6-13(11)15(16,17)18/h3-7,10H,8-9H2,1-2H3/t22-/m0/s1. The molecule has 0 unspecified atom stereocenters. The van der Waals surface area contributed by atoms with E-state index in [2.05, 4.69) is 4.98 Å². The first-order valence-corrected chi connectivity index (χ1v) is 9.08. The number of hydrogen-bond donors (Lipinski definition) is 0. The van der Waals surface area contributed by atoms with Crippen LogP contribution in [0, 0.1) is 0 Å². The lowest BCUT2D eigenvalue weighted by Gasteiger charge is -2.12. The van der Waals surface area contributed by atoms with E-state index in [-0.39, 0.29) is 23.0 Å². The van der Waals surface area contributed by atoms with Crippen molar-refractivity contribution < 1.29 is 17.4 Å². The van der Waals surface area contributed by atoms with Crippen LogP contribution in [0.25, 0.3) is 0 Å². The fraction of sp³-hybridized carbons (Fsp3) is 0.400. The molecule has 0 saturated heterocycles. The first-order chi connectivity index (χ1) is 10.3. The van der Waals surface area contributed by atoms with Crippen LogP contribution in [-0.2, 0) is 28.5 Å². The van der Waals surface area contributed by atoms with Crippen molar-refractivity contribution in [1.82, 2.24) is 4.98 Å². The van der Waals surface area contributed by atoms with Crippen molar-refractivity contribution in [2.24, 2.45) is 0 Å². The molecule has 2 rings (SSSR count). The molecule has 0 aliphatic carbocycles. The first kappa shape index (κ1) is 17.1. The van der Waals surface area contributed by atoms with Crippen LogP contribution < -0.4 is 0 Å². The minimum Gasteiger partial charge on any atom is -0.259 e. The zero-order valence-electron chi connectivity index (χ0n) is 12.2. The predicted molar refractivity (Wildman–Crippen MR) is 83.2 cm³/mol. The Hall–Kier alpha value is -1.21. The second kappa shape index (κ2) is 6.91. The smallest absolute Gasteiger partial charge is 0.259 e. The average molecular weight is 347 g/mol. The summed E-state index contributed by atoms with van der Waals surface area (Å²) in [5.41, 5.74) is 0.0219. The Morgan fingerprint density at radius 3 is 2.50 bits per heavy atom. The Kier molecular flexibility index (Phi) is 5.39. The van der Waals surface area contributed by atoms with Crippen LogP contribution in [0.5, 0.6) is 0 Å². The lowest BCUT2D eigenvalue weighted by molar-refractivity contribution is -0.138. The molecule has 0 aliphatic rings. The highest BCUT2D eigenvalue weighted by molar-refractivity contribution is 7.83. The first-order valence-electron chi connectivity index (χ1n) is 6.71. The van der Waals surface area contributed by atoms with E-state index in [4.69, 9.17) is 0 Å². The lowest BCUT2D eigenvalue weighted by Crippen LogP contribution is -2.11. The van der Waals surface area contributed by atoms with E-state index in [9.17, 15) is 17.4 Å². The second-order valence-electron chi connectivity index (χ2n) is 5.22. The molecule has 1 heterocycles. The van der Waals surface area contributed by atoms with Crippen LogP contribution in [0.4, 0.5) is 13.2 Å². The molecule has 2 nitrogen and oxygen atoms in total. The lowest BCUT2D eigenvalue weighted by atomic mass is 10.1. The van der Waals surface area contributed by atoms with E-state index in [0.29, 0.717) is 5.69 Å². The molecule has 0 aliphatic heterocycles. The van der Waals surface area contributed by atoms with Gasteiger partial charge in [-0.05, 0) is 11.6 Å². The number of thiazole rings is 1. The van der Waals surface area contributed by atoms with E-state index >= 15 is 0 Å². The maximum Gasteiger partial charge on any atom is 0.416 e. The quantitative estimate of drug-likeness (QED) is 0.782. The highest BCUT2D eigenvalue weighted by Crippen LogP contribution is 2.32. The van der Waals surface area contributed by atoms with Gasteiger partial charge >= 0.3 is 6.18 Å².